The molecule has 0 bridgehead atoms. The molecule has 7 heteroatoms. The fourth-order valence-electron chi connectivity index (χ4n) is 2.77. The molecule has 1 amide bonds. The summed E-state index contributed by atoms with van der Waals surface area (Å²) in [5.74, 6) is 1.20. The molecule has 134 valence electrons. The van der Waals surface area contributed by atoms with Crippen LogP contribution >= 0.6 is 0 Å². The van der Waals surface area contributed by atoms with Crippen molar-refractivity contribution in [3.63, 3.8) is 0 Å². The Kier molecular flexibility index (Phi) is 6.84. The number of hydrogen-bond acceptors (Lipinski definition) is 6. The predicted octanol–water partition coefficient (Wildman–Crippen LogP) is 0.541. The number of benzene rings is 1. The molecular formula is C17H27N3O4. The fourth-order valence-corrected chi connectivity index (χ4v) is 2.77. The van der Waals surface area contributed by atoms with Crippen LogP contribution in [-0.2, 0) is 9.53 Å². The van der Waals surface area contributed by atoms with Gasteiger partial charge in [-0.2, -0.15) is 0 Å². The van der Waals surface area contributed by atoms with Crippen molar-refractivity contribution in [2.75, 3.05) is 47.1 Å². The third-order valence-electron chi connectivity index (χ3n) is 4.16. The molecule has 1 heterocycles. The highest BCUT2D eigenvalue weighted by atomic mass is 16.5. The van der Waals surface area contributed by atoms with Gasteiger partial charge in [-0.15, -0.1) is 0 Å². The van der Waals surface area contributed by atoms with E-state index in [9.17, 15) is 4.79 Å². The summed E-state index contributed by atoms with van der Waals surface area (Å²) in [7, 11) is 3.23. The van der Waals surface area contributed by atoms with Crippen molar-refractivity contribution >= 4 is 5.91 Å². The monoisotopic (exact) mass is 337 g/mol. The summed E-state index contributed by atoms with van der Waals surface area (Å²) in [5.41, 5.74) is 6.70. The van der Waals surface area contributed by atoms with Gasteiger partial charge in [-0.1, -0.05) is 6.07 Å². The van der Waals surface area contributed by atoms with Crippen molar-refractivity contribution in [2.24, 2.45) is 5.73 Å². The van der Waals surface area contributed by atoms with Gasteiger partial charge in [-0.05, 0) is 24.6 Å². The quantitative estimate of drug-likeness (QED) is 0.755. The summed E-state index contributed by atoms with van der Waals surface area (Å²) >= 11 is 0. The van der Waals surface area contributed by atoms with E-state index >= 15 is 0 Å². The van der Waals surface area contributed by atoms with Crippen LogP contribution in [-0.4, -0.2) is 63.9 Å². The van der Waals surface area contributed by atoms with Crippen molar-refractivity contribution in [3.05, 3.63) is 23.8 Å². The molecular weight excluding hydrogens is 310 g/mol. The number of morpholine rings is 1. The number of carbonyl (C=O) groups is 1. The second kappa shape index (κ2) is 8.86. The Balaban J connectivity index is 2.22. The van der Waals surface area contributed by atoms with Crippen molar-refractivity contribution in [1.29, 1.82) is 0 Å². The first-order valence-electron chi connectivity index (χ1n) is 8.13. The largest absolute Gasteiger partial charge is 0.493 e. The lowest BCUT2D eigenvalue weighted by molar-refractivity contribution is -0.122. The molecule has 0 spiro atoms. The number of methoxy groups -OCH3 is 2. The fraction of sp³-hybridized carbons (Fsp3) is 0.588. The van der Waals surface area contributed by atoms with Gasteiger partial charge in [0.05, 0.1) is 39.5 Å². The van der Waals surface area contributed by atoms with Gasteiger partial charge < -0.3 is 25.3 Å². The van der Waals surface area contributed by atoms with Crippen LogP contribution in [0.4, 0.5) is 0 Å². The van der Waals surface area contributed by atoms with Crippen molar-refractivity contribution in [3.8, 4) is 11.5 Å². The molecule has 0 aromatic heterocycles. The van der Waals surface area contributed by atoms with Gasteiger partial charge in [0.25, 0.3) is 0 Å². The molecule has 7 nitrogen and oxygen atoms in total. The first-order valence-corrected chi connectivity index (χ1v) is 8.13. The Bertz CT molecular complexity index is 545. The molecule has 0 radical (unpaired) electrons. The molecule has 1 aromatic carbocycles. The highest BCUT2D eigenvalue weighted by molar-refractivity contribution is 5.81. The Morgan fingerprint density at radius 3 is 2.54 bits per heavy atom. The average molecular weight is 337 g/mol. The maximum absolute atomic E-state index is 11.9. The molecule has 24 heavy (non-hydrogen) atoms. The van der Waals surface area contributed by atoms with Gasteiger partial charge in [0.1, 0.15) is 0 Å². The summed E-state index contributed by atoms with van der Waals surface area (Å²) in [6.07, 6.45) is 0. The molecule has 3 N–H and O–H groups in total. The van der Waals surface area contributed by atoms with E-state index in [1.165, 1.54) is 0 Å². The SMILES string of the molecule is COc1ccc(C(CNC(=O)C(C)N)N2CCOCC2)cc1OC. The highest BCUT2D eigenvalue weighted by Crippen LogP contribution is 2.32. The lowest BCUT2D eigenvalue weighted by Gasteiger charge is -2.35. The van der Waals surface area contributed by atoms with Crippen LogP contribution < -0.4 is 20.5 Å². The Labute approximate surface area is 143 Å². The van der Waals surface area contributed by atoms with Gasteiger partial charge in [0.2, 0.25) is 5.91 Å². The molecule has 1 fully saturated rings. The van der Waals surface area contributed by atoms with Crippen LogP contribution in [0.25, 0.3) is 0 Å². The molecule has 2 atom stereocenters. The van der Waals surface area contributed by atoms with E-state index in [1.54, 1.807) is 21.1 Å². The van der Waals surface area contributed by atoms with Crippen molar-refractivity contribution in [2.45, 2.75) is 19.0 Å². The van der Waals surface area contributed by atoms with Crippen LogP contribution in [0, 0.1) is 0 Å². The number of rotatable bonds is 7. The summed E-state index contributed by atoms with van der Waals surface area (Å²) in [6, 6.07) is 5.34. The topological polar surface area (TPSA) is 86.0 Å². The molecule has 2 rings (SSSR count). The van der Waals surface area contributed by atoms with E-state index in [2.05, 4.69) is 10.2 Å². The van der Waals surface area contributed by atoms with Crippen LogP contribution in [0.2, 0.25) is 0 Å². The number of nitrogens with zero attached hydrogens (tertiary/aromatic N) is 1. The third-order valence-corrected chi connectivity index (χ3v) is 4.16. The van der Waals surface area contributed by atoms with Crippen LogP contribution in [0.3, 0.4) is 0 Å². The van der Waals surface area contributed by atoms with E-state index in [1.807, 2.05) is 18.2 Å². The van der Waals surface area contributed by atoms with Crippen LogP contribution in [0.1, 0.15) is 18.5 Å². The Morgan fingerprint density at radius 1 is 1.29 bits per heavy atom. The Hall–Kier alpha value is -1.83. The maximum Gasteiger partial charge on any atom is 0.236 e. The first kappa shape index (κ1) is 18.5. The zero-order chi connectivity index (χ0) is 17.5. The van der Waals surface area contributed by atoms with Crippen LogP contribution in [0.15, 0.2) is 18.2 Å². The molecule has 0 saturated carbocycles. The molecule has 1 aliphatic rings. The van der Waals surface area contributed by atoms with Crippen molar-refractivity contribution < 1.29 is 19.0 Å². The minimum absolute atomic E-state index is 0.0245. The maximum atomic E-state index is 11.9. The van der Waals surface area contributed by atoms with E-state index in [0.717, 1.165) is 18.7 Å². The highest BCUT2D eigenvalue weighted by Gasteiger charge is 2.24. The van der Waals surface area contributed by atoms with Gasteiger partial charge in [-0.25, -0.2) is 0 Å². The van der Waals surface area contributed by atoms with Gasteiger partial charge in [0, 0.05) is 19.6 Å². The molecule has 1 saturated heterocycles. The van der Waals surface area contributed by atoms with Crippen molar-refractivity contribution in [1.82, 2.24) is 10.2 Å². The summed E-state index contributed by atoms with van der Waals surface area (Å²) in [6.45, 7) is 5.15. The number of nitrogens with two attached hydrogens (primary N) is 1. The van der Waals surface area contributed by atoms with Gasteiger partial charge >= 0.3 is 0 Å². The summed E-state index contributed by atoms with van der Waals surface area (Å²) < 4.78 is 16.1. The number of ether oxygens (including phenoxy) is 3. The molecule has 0 aliphatic carbocycles. The van der Waals surface area contributed by atoms with Gasteiger partial charge in [0.15, 0.2) is 11.5 Å². The Morgan fingerprint density at radius 2 is 1.96 bits per heavy atom. The van der Waals surface area contributed by atoms with Gasteiger partial charge in [-0.3, -0.25) is 9.69 Å². The number of nitrogens with one attached hydrogen (secondary N) is 1. The minimum atomic E-state index is -0.527. The first-order chi connectivity index (χ1) is 11.6. The number of amides is 1. The molecule has 1 aliphatic heterocycles. The lowest BCUT2D eigenvalue weighted by Crippen LogP contribution is -2.46. The second-order valence-electron chi connectivity index (χ2n) is 5.81. The zero-order valence-corrected chi connectivity index (χ0v) is 14.6. The summed E-state index contributed by atoms with van der Waals surface area (Å²) in [5, 5.41) is 2.93. The van der Waals surface area contributed by atoms with E-state index in [-0.39, 0.29) is 11.9 Å². The minimum Gasteiger partial charge on any atom is -0.493 e. The van der Waals surface area contributed by atoms with E-state index in [4.69, 9.17) is 19.9 Å². The normalized spacial score (nSPS) is 17.8. The van der Waals surface area contributed by atoms with E-state index in [0.29, 0.717) is 31.3 Å². The molecule has 2 unspecified atom stereocenters. The zero-order valence-electron chi connectivity index (χ0n) is 14.6. The third kappa shape index (κ3) is 4.59. The summed E-state index contributed by atoms with van der Waals surface area (Å²) in [4.78, 5) is 14.2. The number of hydrogen-bond donors (Lipinski definition) is 2. The predicted molar refractivity (Wildman–Crippen MR) is 91.3 cm³/mol. The standard InChI is InChI=1S/C17H27N3O4/c1-12(18)17(21)19-11-14(20-6-8-24-9-7-20)13-4-5-15(22-2)16(10-13)23-3/h4-5,10,12,14H,6-9,11,18H2,1-3H3,(H,19,21). The average Bonchev–Trinajstić information content (AvgIpc) is 2.62. The van der Waals surface area contributed by atoms with Crippen LogP contribution in [0.5, 0.6) is 11.5 Å². The molecule has 1 aromatic rings. The lowest BCUT2D eigenvalue weighted by atomic mass is 10.0. The van der Waals surface area contributed by atoms with E-state index < -0.39 is 6.04 Å². The number of carbonyl (C=O) groups excluding carboxylic acids is 1. The second-order valence-corrected chi connectivity index (χ2v) is 5.81. The smallest absolute Gasteiger partial charge is 0.236 e.